The van der Waals surface area contributed by atoms with E-state index in [1.807, 2.05) is 13.8 Å². The van der Waals surface area contributed by atoms with E-state index >= 15 is 0 Å². The molecule has 2 N–H and O–H groups in total. The molecule has 0 aromatic heterocycles. The molecule has 3 heteroatoms. The molecule has 0 atom stereocenters. The summed E-state index contributed by atoms with van der Waals surface area (Å²) in [5.74, 6) is 0.0825. The molecule has 106 valence electrons. The van der Waals surface area contributed by atoms with Crippen molar-refractivity contribution in [1.29, 1.82) is 0 Å². The standard InChI is InChI=1S/C16H26N2O/c1-5-6-8-17-9-7-15(19)18-16-13(3)10-12(2)11-14(16)4/h10-11,17H,5-9H2,1-4H3,(H,18,19). The molecule has 0 radical (unpaired) electrons. The lowest BCUT2D eigenvalue weighted by atomic mass is 10.1. The molecule has 19 heavy (non-hydrogen) atoms. The van der Waals surface area contributed by atoms with Crippen LogP contribution in [0.1, 0.15) is 42.9 Å². The first-order valence-corrected chi connectivity index (χ1v) is 7.13. The normalized spacial score (nSPS) is 10.5. The molecule has 0 aliphatic carbocycles. The van der Waals surface area contributed by atoms with E-state index in [0.29, 0.717) is 6.42 Å². The number of rotatable bonds is 7. The van der Waals surface area contributed by atoms with Crippen molar-refractivity contribution in [3.8, 4) is 0 Å². The van der Waals surface area contributed by atoms with E-state index in [1.54, 1.807) is 0 Å². The summed E-state index contributed by atoms with van der Waals surface area (Å²) in [6, 6.07) is 4.20. The second kappa shape index (κ2) is 7.95. The maximum atomic E-state index is 11.9. The van der Waals surface area contributed by atoms with Gasteiger partial charge in [-0.3, -0.25) is 4.79 Å². The third kappa shape index (κ3) is 5.43. The van der Waals surface area contributed by atoms with Gasteiger partial charge in [-0.15, -0.1) is 0 Å². The van der Waals surface area contributed by atoms with E-state index < -0.39 is 0 Å². The van der Waals surface area contributed by atoms with Crippen LogP contribution in [0.25, 0.3) is 0 Å². The Balaban J connectivity index is 2.44. The van der Waals surface area contributed by atoms with Crippen LogP contribution in [0.4, 0.5) is 5.69 Å². The molecule has 1 aromatic carbocycles. The van der Waals surface area contributed by atoms with Gasteiger partial charge in [-0.2, -0.15) is 0 Å². The first kappa shape index (κ1) is 15.7. The van der Waals surface area contributed by atoms with Crippen LogP contribution < -0.4 is 10.6 Å². The second-order valence-electron chi connectivity index (χ2n) is 5.18. The van der Waals surface area contributed by atoms with Crippen LogP contribution in [0.15, 0.2) is 12.1 Å². The molecule has 0 saturated carbocycles. The number of carbonyl (C=O) groups is 1. The third-order valence-corrected chi connectivity index (χ3v) is 3.18. The minimum absolute atomic E-state index is 0.0825. The highest BCUT2D eigenvalue weighted by Gasteiger charge is 2.07. The Morgan fingerprint density at radius 2 is 1.74 bits per heavy atom. The number of benzene rings is 1. The summed E-state index contributed by atoms with van der Waals surface area (Å²) in [5.41, 5.74) is 4.45. The maximum Gasteiger partial charge on any atom is 0.225 e. The summed E-state index contributed by atoms with van der Waals surface area (Å²) >= 11 is 0. The molecule has 0 unspecified atom stereocenters. The summed E-state index contributed by atoms with van der Waals surface area (Å²) in [6.45, 7) is 10.0. The van der Waals surface area contributed by atoms with Crippen LogP contribution in [0, 0.1) is 20.8 Å². The highest BCUT2D eigenvalue weighted by atomic mass is 16.1. The summed E-state index contributed by atoms with van der Waals surface area (Å²) in [7, 11) is 0. The summed E-state index contributed by atoms with van der Waals surface area (Å²) < 4.78 is 0. The van der Waals surface area contributed by atoms with E-state index in [2.05, 4.69) is 36.6 Å². The smallest absolute Gasteiger partial charge is 0.225 e. The van der Waals surface area contributed by atoms with E-state index in [1.165, 1.54) is 12.0 Å². The molecule has 0 aliphatic rings. The van der Waals surface area contributed by atoms with Gasteiger partial charge in [0.25, 0.3) is 0 Å². The topological polar surface area (TPSA) is 41.1 Å². The van der Waals surface area contributed by atoms with Gasteiger partial charge in [-0.1, -0.05) is 31.0 Å². The molecule has 1 amide bonds. The van der Waals surface area contributed by atoms with Crippen LogP contribution in [0.5, 0.6) is 0 Å². The molecule has 0 spiro atoms. The SMILES string of the molecule is CCCCNCCC(=O)Nc1c(C)cc(C)cc1C. The molecule has 0 heterocycles. The number of hydrogen-bond donors (Lipinski definition) is 2. The zero-order chi connectivity index (χ0) is 14.3. The predicted octanol–water partition coefficient (Wildman–Crippen LogP) is 3.33. The average molecular weight is 262 g/mol. The van der Waals surface area contributed by atoms with Gasteiger partial charge < -0.3 is 10.6 Å². The van der Waals surface area contributed by atoms with Crippen molar-refractivity contribution in [2.24, 2.45) is 0 Å². The highest BCUT2D eigenvalue weighted by Crippen LogP contribution is 2.21. The summed E-state index contributed by atoms with van der Waals surface area (Å²) in [5, 5.41) is 6.30. The third-order valence-electron chi connectivity index (χ3n) is 3.18. The Kier molecular flexibility index (Phi) is 6.57. The van der Waals surface area contributed by atoms with Crippen molar-refractivity contribution in [2.45, 2.75) is 47.0 Å². The van der Waals surface area contributed by atoms with Gasteiger partial charge in [-0.25, -0.2) is 0 Å². The zero-order valence-electron chi connectivity index (χ0n) is 12.6. The number of carbonyl (C=O) groups excluding carboxylic acids is 1. The lowest BCUT2D eigenvalue weighted by Gasteiger charge is -2.13. The van der Waals surface area contributed by atoms with Gasteiger partial charge in [0.05, 0.1) is 0 Å². The highest BCUT2D eigenvalue weighted by molar-refractivity contribution is 5.92. The van der Waals surface area contributed by atoms with Crippen molar-refractivity contribution in [3.63, 3.8) is 0 Å². The molecule has 3 nitrogen and oxygen atoms in total. The Bertz CT molecular complexity index is 404. The van der Waals surface area contributed by atoms with Crippen LogP contribution in [-0.2, 0) is 4.79 Å². The average Bonchev–Trinajstić information content (AvgIpc) is 2.33. The lowest BCUT2D eigenvalue weighted by molar-refractivity contribution is -0.116. The fourth-order valence-electron chi connectivity index (χ4n) is 2.21. The molecule has 0 bridgehead atoms. The molecular weight excluding hydrogens is 236 g/mol. The molecule has 0 aliphatic heterocycles. The Morgan fingerprint density at radius 3 is 2.32 bits per heavy atom. The van der Waals surface area contributed by atoms with Gasteiger partial charge >= 0.3 is 0 Å². The molecular formula is C16H26N2O. The fourth-order valence-corrected chi connectivity index (χ4v) is 2.21. The zero-order valence-corrected chi connectivity index (χ0v) is 12.6. The quantitative estimate of drug-likeness (QED) is 0.740. The van der Waals surface area contributed by atoms with E-state index in [-0.39, 0.29) is 5.91 Å². The summed E-state index contributed by atoms with van der Waals surface area (Å²) in [4.78, 5) is 11.9. The maximum absolute atomic E-state index is 11.9. The summed E-state index contributed by atoms with van der Waals surface area (Å²) in [6.07, 6.45) is 2.87. The van der Waals surface area contributed by atoms with Gasteiger partial charge in [0.2, 0.25) is 5.91 Å². The Hall–Kier alpha value is -1.35. The monoisotopic (exact) mass is 262 g/mol. The van der Waals surface area contributed by atoms with Crippen LogP contribution >= 0.6 is 0 Å². The minimum Gasteiger partial charge on any atom is -0.326 e. The van der Waals surface area contributed by atoms with Gasteiger partial charge in [0.1, 0.15) is 0 Å². The molecule has 1 rings (SSSR count). The van der Waals surface area contributed by atoms with E-state index in [4.69, 9.17) is 0 Å². The van der Waals surface area contributed by atoms with E-state index in [9.17, 15) is 4.79 Å². The molecule has 1 aromatic rings. The van der Waals surface area contributed by atoms with Crippen molar-refractivity contribution < 1.29 is 4.79 Å². The van der Waals surface area contributed by atoms with Crippen LogP contribution in [0.3, 0.4) is 0 Å². The van der Waals surface area contributed by atoms with E-state index in [0.717, 1.165) is 36.3 Å². The number of anilines is 1. The first-order valence-electron chi connectivity index (χ1n) is 7.13. The number of amides is 1. The second-order valence-corrected chi connectivity index (χ2v) is 5.18. The van der Waals surface area contributed by atoms with Crippen molar-refractivity contribution in [3.05, 3.63) is 28.8 Å². The number of aryl methyl sites for hydroxylation is 3. The Labute approximate surface area is 116 Å². The molecule has 0 fully saturated rings. The Morgan fingerprint density at radius 1 is 1.11 bits per heavy atom. The largest absolute Gasteiger partial charge is 0.326 e. The van der Waals surface area contributed by atoms with Gasteiger partial charge in [-0.05, 0) is 44.9 Å². The predicted molar refractivity (Wildman–Crippen MR) is 81.7 cm³/mol. The number of unbranched alkanes of at least 4 members (excludes halogenated alkanes) is 1. The van der Waals surface area contributed by atoms with Gasteiger partial charge in [0, 0.05) is 18.7 Å². The van der Waals surface area contributed by atoms with Crippen molar-refractivity contribution in [1.82, 2.24) is 5.32 Å². The van der Waals surface area contributed by atoms with Gasteiger partial charge in [0.15, 0.2) is 0 Å². The number of nitrogens with one attached hydrogen (secondary N) is 2. The fraction of sp³-hybridized carbons (Fsp3) is 0.562. The first-order chi connectivity index (χ1) is 9.04. The molecule has 0 saturated heterocycles. The number of hydrogen-bond acceptors (Lipinski definition) is 2. The van der Waals surface area contributed by atoms with Crippen LogP contribution in [-0.4, -0.2) is 19.0 Å². The lowest BCUT2D eigenvalue weighted by Crippen LogP contribution is -2.23. The van der Waals surface area contributed by atoms with Crippen molar-refractivity contribution in [2.75, 3.05) is 18.4 Å². The minimum atomic E-state index is 0.0825. The van der Waals surface area contributed by atoms with Crippen molar-refractivity contribution >= 4 is 11.6 Å². The van der Waals surface area contributed by atoms with Crippen LogP contribution in [0.2, 0.25) is 0 Å².